The normalized spacial score (nSPS) is 23.2. The lowest BCUT2D eigenvalue weighted by Crippen LogP contribution is -2.59. The van der Waals surface area contributed by atoms with Gasteiger partial charge in [0.1, 0.15) is 18.1 Å². The van der Waals surface area contributed by atoms with Crippen LogP contribution in [0.1, 0.15) is 46.5 Å². The number of nitriles is 1. The number of fused-ring (bicyclic) bond motifs is 1. The number of carbonyl (C=O) groups excluding carboxylic acids is 4. The first-order valence-corrected chi connectivity index (χ1v) is 13.5. The molecule has 1 saturated heterocycles. The Hall–Kier alpha value is -3.93. The number of anilines is 1. The summed E-state index contributed by atoms with van der Waals surface area (Å²) in [5.74, 6) is -3.98. The molecule has 1 saturated carbocycles. The predicted molar refractivity (Wildman–Crippen MR) is 140 cm³/mol. The number of hydrogen-bond donors (Lipinski definition) is 2. The second-order valence-corrected chi connectivity index (χ2v) is 11.8. The van der Waals surface area contributed by atoms with Crippen LogP contribution in [0, 0.1) is 17.2 Å². The number of rotatable bonds is 8. The van der Waals surface area contributed by atoms with E-state index >= 15 is 0 Å². The number of pyridine rings is 1. The molecule has 15 heteroatoms. The van der Waals surface area contributed by atoms with Gasteiger partial charge in [0.2, 0.25) is 17.4 Å². The van der Waals surface area contributed by atoms with Crippen LogP contribution in [0.3, 0.4) is 0 Å². The van der Waals surface area contributed by atoms with Gasteiger partial charge in [-0.15, -0.1) is 0 Å². The van der Waals surface area contributed by atoms with Gasteiger partial charge in [0.05, 0.1) is 24.8 Å². The van der Waals surface area contributed by atoms with Crippen LogP contribution in [-0.4, -0.2) is 94.1 Å². The number of nitrogens with one attached hydrogen (secondary N) is 2. The van der Waals surface area contributed by atoms with E-state index in [0.29, 0.717) is 0 Å². The van der Waals surface area contributed by atoms with Crippen molar-refractivity contribution in [3.63, 3.8) is 0 Å². The molecular formula is C27H33F3N6O6. The highest BCUT2D eigenvalue weighted by molar-refractivity contribution is 6.01. The predicted octanol–water partition coefficient (Wildman–Crippen LogP) is 1.77. The SMILES string of the molecule is CN(C(=O)[C@H](COC(C)(C)C)NC(=O)C(F)(F)F)[C@@H](CC1CC1)C(=O)N1C[C@@]2(C[C@H]1C#N)Oc1cccnc1NC2=O. The summed E-state index contributed by atoms with van der Waals surface area (Å²) in [6, 6.07) is 1.21. The maximum absolute atomic E-state index is 14.0. The Bertz CT molecular complexity index is 1290. The fourth-order valence-electron chi connectivity index (χ4n) is 4.94. The van der Waals surface area contributed by atoms with Crippen LogP contribution in [-0.2, 0) is 23.9 Å². The Kier molecular flexibility index (Phi) is 8.41. The lowest BCUT2D eigenvalue weighted by molar-refractivity contribution is -0.176. The molecule has 1 aliphatic carbocycles. The number of nitrogens with zero attached hydrogens (tertiary/aromatic N) is 4. The minimum absolute atomic E-state index is 0.0764. The Morgan fingerprint density at radius 2 is 2.02 bits per heavy atom. The van der Waals surface area contributed by atoms with Crippen molar-refractivity contribution in [2.24, 2.45) is 5.92 Å². The number of halogens is 3. The van der Waals surface area contributed by atoms with Gasteiger partial charge in [-0.1, -0.05) is 12.8 Å². The van der Waals surface area contributed by atoms with Crippen molar-refractivity contribution in [2.45, 2.75) is 82.0 Å². The number of likely N-dealkylation sites (tertiary alicyclic amines) is 1. The molecular weight excluding hydrogens is 561 g/mol. The molecule has 4 atom stereocenters. The average Bonchev–Trinajstić information content (AvgIpc) is 3.66. The molecule has 2 aliphatic heterocycles. The molecule has 0 bridgehead atoms. The zero-order valence-corrected chi connectivity index (χ0v) is 23.7. The monoisotopic (exact) mass is 594 g/mol. The number of carbonyl (C=O) groups is 4. The smallest absolute Gasteiger partial charge is 0.471 e. The van der Waals surface area contributed by atoms with Gasteiger partial charge in [0, 0.05) is 19.7 Å². The zero-order chi connectivity index (χ0) is 31.0. The van der Waals surface area contributed by atoms with E-state index in [2.05, 4.69) is 10.3 Å². The molecule has 0 radical (unpaired) electrons. The summed E-state index contributed by atoms with van der Waals surface area (Å²) in [5.41, 5.74) is -2.43. The molecule has 42 heavy (non-hydrogen) atoms. The Labute approximate surface area is 240 Å². The molecule has 1 aromatic rings. The first kappa shape index (κ1) is 31.0. The number of alkyl halides is 3. The average molecular weight is 595 g/mol. The van der Waals surface area contributed by atoms with Gasteiger partial charge in [-0.3, -0.25) is 19.2 Å². The summed E-state index contributed by atoms with van der Waals surface area (Å²) < 4.78 is 50.8. The minimum atomic E-state index is -5.25. The quantitative estimate of drug-likeness (QED) is 0.462. The molecule has 228 valence electrons. The van der Waals surface area contributed by atoms with Crippen LogP contribution in [0.25, 0.3) is 0 Å². The molecule has 2 fully saturated rings. The summed E-state index contributed by atoms with van der Waals surface area (Å²) in [7, 11) is 1.26. The maximum Gasteiger partial charge on any atom is 0.471 e. The Morgan fingerprint density at radius 1 is 1.33 bits per heavy atom. The van der Waals surface area contributed by atoms with Crippen molar-refractivity contribution in [3.05, 3.63) is 18.3 Å². The molecule has 0 unspecified atom stereocenters. The van der Waals surface area contributed by atoms with E-state index in [4.69, 9.17) is 9.47 Å². The van der Waals surface area contributed by atoms with E-state index in [9.17, 15) is 37.6 Å². The van der Waals surface area contributed by atoms with Crippen molar-refractivity contribution in [3.8, 4) is 11.8 Å². The summed E-state index contributed by atoms with van der Waals surface area (Å²) >= 11 is 0. The van der Waals surface area contributed by atoms with Gasteiger partial charge in [-0.2, -0.15) is 18.4 Å². The molecule has 0 aromatic carbocycles. The molecule has 2 N–H and O–H groups in total. The maximum atomic E-state index is 14.0. The van der Waals surface area contributed by atoms with E-state index in [1.807, 2.05) is 6.07 Å². The van der Waals surface area contributed by atoms with Gasteiger partial charge in [-0.05, 0) is 45.2 Å². The fraction of sp³-hybridized carbons (Fsp3) is 0.630. The van der Waals surface area contributed by atoms with E-state index in [-0.39, 0.29) is 36.9 Å². The highest BCUT2D eigenvalue weighted by atomic mass is 19.4. The number of hydrogen-bond acceptors (Lipinski definition) is 8. The number of amides is 4. The molecule has 1 spiro atoms. The lowest BCUT2D eigenvalue weighted by atomic mass is 9.97. The summed E-state index contributed by atoms with van der Waals surface area (Å²) in [4.78, 5) is 58.7. The van der Waals surface area contributed by atoms with Crippen LogP contribution in [0.2, 0.25) is 0 Å². The second-order valence-electron chi connectivity index (χ2n) is 11.8. The third-order valence-corrected chi connectivity index (χ3v) is 7.38. The van der Waals surface area contributed by atoms with E-state index in [1.54, 1.807) is 38.2 Å². The highest BCUT2D eigenvalue weighted by Crippen LogP contribution is 2.40. The van der Waals surface area contributed by atoms with Crippen LogP contribution >= 0.6 is 0 Å². The Morgan fingerprint density at radius 3 is 2.62 bits per heavy atom. The molecule has 1 aromatic heterocycles. The van der Waals surface area contributed by atoms with Gasteiger partial charge >= 0.3 is 12.1 Å². The third kappa shape index (κ3) is 6.75. The highest BCUT2D eigenvalue weighted by Gasteiger charge is 2.57. The number of aromatic nitrogens is 1. The lowest BCUT2D eigenvalue weighted by Gasteiger charge is -2.36. The molecule has 4 amide bonds. The first-order valence-electron chi connectivity index (χ1n) is 13.5. The van der Waals surface area contributed by atoms with Gasteiger partial charge in [0.15, 0.2) is 11.6 Å². The molecule has 3 aliphatic rings. The van der Waals surface area contributed by atoms with Gasteiger partial charge in [-0.25, -0.2) is 4.98 Å². The van der Waals surface area contributed by atoms with Crippen LogP contribution in [0.4, 0.5) is 19.0 Å². The third-order valence-electron chi connectivity index (χ3n) is 7.38. The minimum Gasteiger partial charge on any atom is -0.472 e. The summed E-state index contributed by atoms with van der Waals surface area (Å²) in [5, 5.41) is 14.3. The van der Waals surface area contributed by atoms with E-state index in [0.717, 1.165) is 17.7 Å². The summed E-state index contributed by atoms with van der Waals surface area (Å²) in [6.07, 6.45) is -2.17. The van der Waals surface area contributed by atoms with Crippen LogP contribution in [0.15, 0.2) is 18.3 Å². The topological polar surface area (TPSA) is 154 Å². The van der Waals surface area contributed by atoms with Crippen molar-refractivity contribution in [1.29, 1.82) is 5.26 Å². The largest absolute Gasteiger partial charge is 0.472 e. The van der Waals surface area contributed by atoms with E-state index in [1.165, 1.54) is 18.1 Å². The number of ether oxygens (including phenoxy) is 2. The second kappa shape index (κ2) is 11.4. The zero-order valence-electron chi connectivity index (χ0n) is 23.7. The van der Waals surface area contributed by atoms with Crippen molar-refractivity contribution in [2.75, 3.05) is 25.5 Å². The van der Waals surface area contributed by atoms with Crippen LogP contribution in [0.5, 0.6) is 5.75 Å². The number of likely N-dealkylation sites (N-methyl/N-ethyl adjacent to an activating group) is 1. The molecule has 3 heterocycles. The van der Waals surface area contributed by atoms with E-state index < -0.39 is 65.7 Å². The molecule has 4 rings (SSSR count). The van der Waals surface area contributed by atoms with Gasteiger partial charge < -0.3 is 29.9 Å². The Balaban J connectivity index is 1.59. The standard InChI is InChI=1S/C27H33F3N6O6/c1-25(2,3)41-13-17(33-24(40)27(28,29)30)21(37)35(4)18(10-15-7-8-15)22(38)36-14-26(11-16(36)12-31)23(39)34-20-19(42-26)6-5-9-32-20/h5-6,9,15-18H,7-8,10-11,13-14H2,1-4H3,(H,33,40)(H,32,34,39)/t16-,17-,18-,26+/m0/s1. The van der Waals surface area contributed by atoms with Crippen molar-refractivity contribution >= 4 is 29.4 Å². The first-order chi connectivity index (χ1) is 19.5. The fourth-order valence-corrected chi connectivity index (χ4v) is 4.94. The molecule has 12 nitrogen and oxygen atoms in total. The van der Waals surface area contributed by atoms with Crippen molar-refractivity contribution in [1.82, 2.24) is 20.1 Å². The van der Waals surface area contributed by atoms with Crippen LogP contribution < -0.4 is 15.4 Å². The van der Waals surface area contributed by atoms with Crippen molar-refractivity contribution < 1.29 is 41.8 Å². The summed E-state index contributed by atoms with van der Waals surface area (Å²) in [6.45, 7) is 4.02. The van der Waals surface area contributed by atoms with Gasteiger partial charge in [0.25, 0.3) is 5.91 Å².